The Morgan fingerprint density at radius 3 is 2.76 bits per heavy atom. The predicted molar refractivity (Wildman–Crippen MR) is 62.7 cm³/mol. The van der Waals surface area contributed by atoms with Gasteiger partial charge < -0.3 is 14.4 Å². The van der Waals surface area contributed by atoms with Crippen molar-refractivity contribution in [3.8, 4) is 0 Å². The summed E-state index contributed by atoms with van der Waals surface area (Å²) in [7, 11) is 0. The van der Waals surface area contributed by atoms with Crippen molar-refractivity contribution < 1.29 is 14.3 Å². The van der Waals surface area contributed by atoms with Gasteiger partial charge in [0.15, 0.2) is 0 Å². The molecule has 0 aromatic heterocycles. The van der Waals surface area contributed by atoms with E-state index in [1.165, 1.54) is 0 Å². The van der Waals surface area contributed by atoms with Crippen LogP contribution < -0.4 is 0 Å². The first-order valence-corrected chi connectivity index (χ1v) is 6.55. The highest BCUT2D eigenvalue weighted by Crippen LogP contribution is 2.49. The van der Waals surface area contributed by atoms with Gasteiger partial charge in [-0.15, -0.1) is 0 Å². The van der Waals surface area contributed by atoms with Crippen molar-refractivity contribution >= 4 is 6.09 Å². The molecule has 4 fully saturated rings. The quantitative estimate of drug-likeness (QED) is 0.692. The van der Waals surface area contributed by atoms with Crippen LogP contribution in [-0.4, -0.2) is 41.9 Å². The minimum Gasteiger partial charge on any atom is -0.444 e. The van der Waals surface area contributed by atoms with Crippen LogP contribution in [0.3, 0.4) is 0 Å². The van der Waals surface area contributed by atoms with Crippen LogP contribution in [-0.2, 0) is 9.47 Å². The molecule has 3 saturated heterocycles. The molecule has 0 aromatic rings. The fourth-order valence-corrected chi connectivity index (χ4v) is 3.12. The van der Waals surface area contributed by atoms with Crippen LogP contribution in [0.1, 0.15) is 33.6 Å². The van der Waals surface area contributed by atoms with Crippen LogP contribution in [0, 0.1) is 11.8 Å². The van der Waals surface area contributed by atoms with E-state index in [9.17, 15) is 4.79 Å². The van der Waals surface area contributed by atoms with Crippen molar-refractivity contribution in [2.45, 2.75) is 51.4 Å². The molecule has 3 aliphatic heterocycles. The number of carbonyl (C=O) groups is 1. The topological polar surface area (TPSA) is 42.1 Å². The number of fused-ring (bicyclic) bond motifs is 1. The lowest BCUT2D eigenvalue weighted by Gasteiger charge is -2.36. The van der Waals surface area contributed by atoms with E-state index >= 15 is 0 Å². The van der Waals surface area contributed by atoms with Crippen LogP contribution in [0.5, 0.6) is 0 Å². The molecule has 4 heteroatoms. The molecule has 2 bridgehead atoms. The summed E-state index contributed by atoms with van der Waals surface area (Å²) in [5.74, 6) is 1.35. The van der Waals surface area contributed by atoms with Crippen molar-refractivity contribution in [2.75, 3.05) is 13.2 Å². The van der Waals surface area contributed by atoms with Gasteiger partial charge in [-0.25, -0.2) is 4.79 Å². The zero-order chi connectivity index (χ0) is 12.2. The Kier molecular flexibility index (Phi) is 2.41. The average Bonchev–Trinajstić information content (AvgIpc) is 2.77. The molecule has 2 unspecified atom stereocenters. The second-order valence-corrected chi connectivity index (χ2v) is 6.55. The molecule has 1 saturated carbocycles. The highest BCUT2D eigenvalue weighted by Gasteiger charge is 2.55. The van der Waals surface area contributed by atoms with Gasteiger partial charge in [0, 0.05) is 12.6 Å². The Morgan fingerprint density at radius 1 is 1.47 bits per heavy atom. The summed E-state index contributed by atoms with van der Waals surface area (Å²) in [5.41, 5.74) is -0.390. The molecule has 4 rings (SSSR count). The molecule has 4 atom stereocenters. The fraction of sp³-hybridized carbons (Fsp3) is 0.923. The Bertz CT molecular complexity index is 332. The number of epoxide rings is 1. The average molecular weight is 239 g/mol. The van der Waals surface area contributed by atoms with Crippen molar-refractivity contribution in [2.24, 2.45) is 11.8 Å². The Hall–Kier alpha value is -0.770. The molecule has 3 heterocycles. The van der Waals surface area contributed by atoms with E-state index in [1.54, 1.807) is 0 Å². The van der Waals surface area contributed by atoms with Crippen LogP contribution in [0.2, 0.25) is 0 Å². The molecular weight excluding hydrogens is 218 g/mol. The van der Waals surface area contributed by atoms with Gasteiger partial charge in [0.25, 0.3) is 0 Å². The number of ether oxygens (including phenoxy) is 2. The second kappa shape index (κ2) is 3.61. The Labute approximate surface area is 102 Å². The third-order valence-electron chi connectivity index (χ3n) is 4.04. The second-order valence-electron chi connectivity index (χ2n) is 6.55. The lowest BCUT2D eigenvalue weighted by Crippen LogP contribution is -2.43. The number of amides is 1. The molecule has 96 valence electrons. The highest BCUT2D eigenvalue weighted by atomic mass is 16.6. The Balaban J connectivity index is 1.57. The molecule has 4 aliphatic rings. The number of hydrogen-bond donors (Lipinski definition) is 0. The largest absolute Gasteiger partial charge is 0.444 e. The van der Waals surface area contributed by atoms with Gasteiger partial charge in [0.1, 0.15) is 5.60 Å². The fourth-order valence-electron chi connectivity index (χ4n) is 3.12. The Morgan fingerprint density at radius 2 is 2.18 bits per heavy atom. The molecule has 0 aromatic carbocycles. The zero-order valence-corrected chi connectivity index (χ0v) is 10.8. The smallest absolute Gasteiger partial charge is 0.410 e. The maximum atomic E-state index is 12.0. The molecular formula is C13H21NO3. The summed E-state index contributed by atoms with van der Waals surface area (Å²) in [6, 6.07) is 0.416. The van der Waals surface area contributed by atoms with E-state index in [1.807, 2.05) is 25.7 Å². The third kappa shape index (κ3) is 2.15. The van der Waals surface area contributed by atoms with E-state index in [-0.39, 0.29) is 11.7 Å². The van der Waals surface area contributed by atoms with Crippen molar-refractivity contribution in [3.63, 3.8) is 0 Å². The summed E-state index contributed by atoms with van der Waals surface area (Å²) in [6.45, 7) is 7.56. The molecule has 0 spiro atoms. The first-order chi connectivity index (χ1) is 7.94. The minimum absolute atomic E-state index is 0.135. The highest BCUT2D eigenvalue weighted by molar-refractivity contribution is 5.69. The van der Waals surface area contributed by atoms with Crippen LogP contribution in [0.4, 0.5) is 4.79 Å². The number of nitrogens with zero attached hydrogens (tertiary/aromatic N) is 1. The van der Waals surface area contributed by atoms with Gasteiger partial charge in [-0.1, -0.05) is 0 Å². The number of rotatable bonds is 2. The van der Waals surface area contributed by atoms with Gasteiger partial charge in [-0.2, -0.15) is 0 Å². The normalized spacial score (nSPS) is 38.9. The van der Waals surface area contributed by atoms with Crippen LogP contribution in [0.15, 0.2) is 0 Å². The van der Waals surface area contributed by atoms with Crippen LogP contribution >= 0.6 is 0 Å². The number of hydrogen-bond acceptors (Lipinski definition) is 3. The first kappa shape index (κ1) is 11.3. The van der Waals surface area contributed by atoms with Crippen molar-refractivity contribution in [1.82, 2.24) is 4.90 Å². The van der Waals surface area contributed by atoms with Crippen molar-refractivity contribution in [3.05, 3.63) is 0 Å². The molecule has 4 nitrogen and oxygen atoms in total. The van der Waals surface area contributed by atoms with E-state index in [2.05, 4.69) is 0 Å². The SMILES string of the molecule is CC(C)(C)OC(=O)N1C[C@@H]2C[C@H]1C2CC1CO1. The van der Waals surface area contributed by atoms with E-state index in [0.717, 1.165) is 26.0 Å². The molecule has 0 N–H and O–H groups in total. The maximum absolute atomic E-state index is 12.0. The van der Waals surface area contributed by atoms with E-state index in [4.69, 9.17) is 9.47 Å². The summed E-state index contributed by atoms with van der Waals surface area (Å²) in [6.07, 6.45) is 2.64. The lowest BCUT2D eigenvalue weighted by atomic mass is 9.71. The molecule has 1 aliphatic carbocycles. The molecule has 1 amide bonds. The minimum atomic E-state index is -0.390. The zero-order valence-electron chi connectivity index (χ0n) is 10.8. The summed E-state index contributed by atoms with van der Waals surface area (Å²) in [5, 5.41) is 0. The monoisotopic (exact) mass is 239 g/mol. The summed E-state index contributed by atoms with van der Waals surface area (Å²) >= 11 is 0. The van der Waals surface area contributed by atoms with Gasteiger partial charge >= 0.3 is 6.09 Å². The van der Waals surface area contributed by atoms with E-state index in [0.29, 0.717) is 24.0 Å². The third-order valence-corrected chi connectivity index (χ3v) is 4.04. The van der Waals surface area contributed by atoms with Gasteiger partial charge in [0.05, 0.1) is 12.7 Å². The maximum Gasteiger partial charge on any atom is 0.410 e. The molecule has 0 radical (unpaired) electrons. The van der Waals surface area contributed by atoms with Gasteiger partial charge in [0.2, 0.25) is 0 Å². The summed E-state index contributed by atoms with van der Waals surface area (Å²) in [4.78, 5) is 14.0. The first-order valence-electron chi connectivity index (χ1n) is 6.55. The van der Waals surface area contributed by atoms with Crippen molar-refractivity contribution in [1.29, 1.82) is 0 Å². The lowest BCUT2D eigenvalue weighted by molar-refractivity contribution is 0.0192. The predicted octanol–water partition coefficient (Wildman–Crippen LogP) is 2.03. The molecule has 17 heavy (non-hydrogen) atoms. The van der Waals surface area contributed by atoms with E-state index < -0.39 is 0 Å². The van der Waals surface area contributed by atoms with Crippen LogP contribution in [0.25, 0.3) is 0 Å². The number of carbonyl (C=O) groups excluding carboxylic acids is 1. The van der Waals surface area contributed by atoms with Gasteiger partial charge in [-0.05, 0) is 45.4 Å². The van der Waals surface area contributed by atoms with Gasteiger partial charge in [-0.3, -0.25) is 0 Å². The summed E-state index contributed by atoms with van der Waals surface area (Å²) < 4.78 is 10.7. The standard InChI is InChI=1S/C13H21NO3/c1-13(2,3)17-12(15)14-6-8-4-11(14)10(8)5-9-7-16-9/h8-11H,4-7H2,1-3H3/t8-,9?,10?,11-/m0/s1.